The quantitative estimate of drug-likeness (QED) is 0.398. The smallest absolute Gasteiger partial charge is 0.782 e. The Balaban J connectivity index is -0.000000257. The summed E-state index contributed by atoms with van der Waals surface area (Å²) in [4.78, 5) is 20.2. The van der Waals surface area contributed by atoms with E-state index in [1.165, 1.54) is 0 Å². The molecule has 0 aliphatic heterocycles. The second kappa shape index (κ2) is 26.6. The molecule has 0 aromatic heterocycles. The second-order valence-corrected chi connectivity index (χ2v) is 4.40. The summed E-state index contributed by atoms with van der Waals surface area (Å²) in [6.45, 7) is 4.36. The molecule has 25 heavy (non-hydrogen) atoms. The van der Waals surface area contributed by atoms with Gasteiger partial charge in [0.25, 0.3) is 11.9 Å². The van der Waals surface area contributed by atoms with Crippen molar-refractivity contribution in [3.63, 3.8) is 0 Å². The molecule has 0 amide bonds. The molecule has 136 valence electrons. The number of carbonyl (C=O) groups is 2. The molecule has 2 aliphatic rings. The van der Waals surface area contributed by atoms with Gasteiger partial charge in [-0.05, 0) is 78.1 Å². The van der Waals surface area contributed by atoms with Gasteiger partial charge in [0, 0.05) is 0 Å². The van der Waals surface area contributed by atoms with Gasteiger partial charge < -0.3 is 34.7 Å². The first-order valence-electron chi connectivity index (χ1n) is 7.43. The predicted molar refractivity (Wildman–Crippen MR) is 101 cm³/mol. The van der Waals surface area contributed by atoms with Gasteiger partial charge in [-0.1, -0.05) is 11.5 Å². The fraction of sp³-hybridized carbons (Fsp3) is 0.333. The van der Waals surface area contributed by atoms with E-state index >= 15 is 0 Å². The van der Waals surface area contributed by atoms with Crippen LogP contribution in [0.2, 0.25) is 0 Å². The van der Waals surface area contributed by atoms with Crippen LogP contribution in [0.1, 0.15) is 13.8 Å². The van der Waals surface area contributed by atoms with Crippen LogP contribution >= 0.6 is 0 Å². The summed E-state index contributed by atoms with van der Waals surface area (Å²) in [6.07, 6.45) is 20.0. The Morgan fingerprint density at radius 3 is 0.920 bits per heavy atom. The van der Waals surface area contributed by atoms with Gasteiger partial charge in [-0.25, -0.2) is 0 Å². The van der Waals surface area contributed by atoms with E-state index in [9.17, 15) is 9.59 Å². The molecule has 0 spiro atoms. The molecular weight excluding hydrogens is 392 g/mol. The van der Waals surface area contributed by atoms with Crippen molar-refractivity contribution >= 4 is 37.2 Å². The number of esters is 2. The second-order valence-electron chi connectivity index (χ2n) is 3.82. The average Bonchev–Trinajstić information content (AvgIpc) is 3.33. The Labute approximate surface area is 180 Å². The first kappa shape index (κ1) is 30.1. The zero-order chi connectivity index (χ0) is 18.5. The van der Waals surface area contributed by atoms with Crippen molar-refractivity contribution in [2.45, 2.75) is 13.8 Å². The minimum absolute atomic E-state index is 0. The fourth-order valence-corrected chi connectivity index (χ4v) is 1.21. The summed E-state index contributed by atoms with van der Waals surface area (Å²) in [5.41, 5.74) is 0. The number of hydrogen-bond donors (Lipinski definition) is 0. The largest absolute Gasteiger partial charge is 2.00 e. The van der Waals surface area contributed by atoms with Crippen LogP contribution in [0.5, 0.6) is 0 Å². The monoisotopic (exact) mass is 416 g/mol. The van der Waals surface area contributed by atoms with Gasteiger partial charge in [0.1, 0.15) is 0 Å². The maximum absolute atomic E-state index is 10.1. The molecule has 0 atom stereocenters. The summed E-state index contributed by atoms with van der Waals surface area (Å²) in [7, 11) is 0. The van der Waals surface area contributed by atoms with Gasteiger partial charge in [-0.2, -0.15) is 0 Å². The molecule has 0 N–H and O–H groups in total. The van der Waals surface area contributed by atoms with Crippen LogP contribution in [0, 0.1) is 64.2 Å². The van der Waals surface area contributed by atoms with Crippen molar-refractivity contribution in [2.24, 2.45) is 0 Å². The molecule has 0 saturated heterocycles. The number of rotatable bonds is 4. The average molecular weight is 416 g/mol. The SMILES string of the molecule is CCOC(=O)C[S-].CCOC(=O)C[S-].[CH]1[CH][CH][CH][CH]1.[CH]1[CH][CH][CH][CH]1.[Ti+2]. The number of carbonyl (C=O) groups excluding carboxylic acids is 2. The summed E-state index contributed by atoms with van der Waals surface area (Å²) in [5.74, 6) is -0.489. The third kappa shape index (κ3) is 29.4. The summed E-state index contributed by atoms with van der Waals surface area (Å²) in [6, 6.07) is 0. The fourth-order valence-electron chi connectivity index (χ4n) is 1.05. The zero-order valence-corrected chi connectivity index (χ0v) is 17.7. The normalized spacial score (nSPS) is 14.2. The summed E-state index contributed by atoms with van der Waals surface area (Å²) in [5, 5.41) is 0. The van der Waals surface area contributed by atoms with E-state index in [0.29, 0.717) is 13.2 Å². The van der Waals surface area contributed by atoms with Gasteiger partial charge in [-0.3, -0.25) is 9.59 Å². The van der Waals surface area contributed by atoms with E-state index in [1.807, 2.05) is 64.2 Å². The molecule has 0 aromatic carbocycles. The zero-order valence-electron chi connectivity index (χ0n) is 14.6. The van der Waals surface area contributed by atoms with Crippen molar-refractivity contribution in [2.75, 3.05) is 24.7 Å². The molecule has 0 bridgehead atoms. The molecule has 4 nitrogen and oxygen atoms in total. The third-order valence-electron chi connectivity index (χ3n) is 1.96. The van der Waals surface area contributed by atoms with Crippen LogP contribution in [-0.4, -0.2) is 36.7 Å². The van der Waals surface area contributed by atoms with Crippen LogP contribution in [0.25, 0.3) is 0 Å². The molecular formula is C18H24O4S2Ti. The number of hydrogen-bond acceptors (Lipinski definition) is 6. The van der Waals surface area contributed by atoms with Crippen molar-refractivity contribution < 1.29 is 40.8 Å². The van der Waals surface area contributed by atoms with E-state index in [0.717, 1.165) is 0 Å². The minimum Gasteiger partial charge on any atom is -0.782 e. The molecule has 10 radical (unpaired) electrons. The minimum atomic E-state index is -0.308. The topological polar surface area (TPSA) is 52.6 Å². The Morgan fingerprint density at radius 2 is 0.840 bits per heavy atom. The van der Waals surface area contributed by atoms with Crippen molar-refractivity contribution in [3.8, 4) is 0 Å². The van der Waals surface area contributed by atoms with Gasteiger partial charge >= 0.3 is 21.7 Å². The molecule has 2 saturated carbocycles. The maximum Gasteiger partial charge on any atom is 2.00 e. The molecule has 7 heteroatoms. The van der Waals surface area contributed by atoms with E-state index in [-0.39, 0.29) is 45.2 Å². The Hall–Kier alpha value is 0.354. The molecule has 0 heterocycles. The van der Waals surface area contributed by atoms with Crippen molar-refractivity contribution in [1.29, 1.82) is 0 Å². The molecule has 0 aromatic rings. The van der Waals surface area contributed by atoms with Crippen LogP contribution in [-0.2, 0) is 66.0 Å². The Bertz CT molecular complexity index is 241. The first-order valence-corrected chi connectivity index (χ1v) is 8.58. The van der Waals surface area contributed by atoms with Crippen LogP contribution in [0.3, 0.4) is 0 Å². The van der Waals surface area contributed by atoms with Gasteiger partial charge in [0.15, 0.2) is 0 Å². The Kier molecular flexibility index (Phi) is 32.0. The van der Waals surface area contributed by atoms with Gasteiger partial charge in [0.2, 0.25) is 0 Å². The van der Waals surface area contributed by atoms with Crippen LogP contribution in [0.15, 0.2) is 0 Å². The number of ether oxygens (including phenoxy) is 2. The molecule has 0 unspecified atom stereocenters. The van der Waals surface area contributed by atoms with E-state index < -0.39 is 0 Å². The van der Waals surface area contributed by atoms with Gasteiger partial charge in [-0.15, -0.1) is 0 Å². The Morgan fingerprint density at radius 1 is 0.640 bits per heavy atom. The van der Waals surface area contributed by atoms with E-state index in [1.54, 1.807) is 13.8 Å². The summed E-state index contributed by atoms with van der Waals surface area (Å²) < 4.78 is 8.90. The van der Waals surface area contributed by atoms with Crippen molar-refractivity contribution in [1.82, 2.24) is 0 Å². The van der Waals surface area contributed by atoms with Crippen molar-refractivity contribution in [3.05, 3.63) is 64.2 Å². The first-order chi connectivity index (χ1) is 11.6. The van der Waals surface area contributed by atoms with Crippen LogP contribution in [0.4, 0.5) is 0 Å². The molecule has 2 fully saturated rings. The molecule has 2 rings (SSSR count). The maximum atomic E-state index is 10.1. The predicted octanol–water partition coefficient (Wildman–Crippen LogP) is 2.23. The van der Waals surface area contributed by atoms with E-state index in [2.05, 4.69) is 34.7 Å². The third-order valence-corrected chi connectivity index (χ3v) is 2.43. The van der Waals surface area contributed by atoms with E-state index in [4.69, 9.17) is 0 Å². The standard InChI is InChI=1S/2C5H5.2C4H8O2S.Ti/c2*1-2-4-5-3-1;2*1-2-6-4(5)3-7;/h2*1-5H;2*7H,2-3H2,1H3;/q;;;;+2/p-2. The van der Waals surface area contributed by atoms with Crippen LogP contribution < -0.4 is 0 Å². The van der Waals surface area contributed by atoms with Gasteiger partial charge in [0.05, 0.1) is 13.2 Å². The summed E-state index contributed by atoms with van der Waals surface area (Å²) >= 11 is 8.73. The molecule has 2 aliphatic carbocycles.